The van der Waals surface area contributed by atoms with E-state index in [2.05, 4.69) is 5.10 Å². The van der Waals surface area contributed by atoms with E-state index in [4.69, 9.17) is 4.74 Å². The van der Waals surface area contributed by atoms with Gasteiger partial charge in [0, 0.05) is 6.20 Å². The largest absolute Gasteiger partial charge is 0.372 e. The minimum Gasteiger partial charge on any atom is -0.372 e. The van der Waals surface area contributed by atoms with E-state index in [1.54, 1.807) is 10.9 Å². The molecule has 0 fully saturated rings. The molecule has 0 spiro atoms. The molecule has 4 heteroatoms. The molecule has 0 aliphatic rings. The smallest absolute Gasteiger partial charge is 0.109 e. The third kappa shape index (κ3) is 3.55. The van der Waals surface area contributed by atoms with Crippen LogP contribution < -0.4 is 0 Å². The van der Waals surface area contributed by atoms with Gasteiger partial charge in [-0.3, -0.25) is 4.68 Å². The molecule has 3 nitrogen and oxygen atoms in total. The van der Waals surface area contributed by atoms with Gasteiger partial charge in [-0.2, -0.15) is 5.10 Å². The van der Waals surface area contributed by atoms with Gasteiger partial charge in [0.15, 0.2) is 0 Å². The summed E-state index contributed by atoms with van der Waals surface area (Å²) in [6, 6.07) is 1.85. The third-order valence-corrected chi connectivity index (χ3v) is 1.57. The van der Waals surface area contributed by atoms with E-state index < -0.39 is 0 Å². The average Bonchev–Trinajstić information content (AvgIpc) is 2.50. The second kappa shape index (κ2) is 4.97. The Morgan fingerprint density at radius 1 is 1.62 bits per heavy atom. The molecule has 0 amide bonds. The maximum Gasteiger partial charge on any atom is 0.109 e. The van der Waals surface area contributed by atoms with Gasteiger partial charge in [-0.1, -0.05) is 0 Å². The number of hydrogen-bond acceptors (Lipinski definition) is 2. The molecular formula is C9H15FN2O. The van der Waals surface area contributed by atoms with Gasteiger partial charge in [0.1, 0.15) is 6.67 Å². The maximum atomic E-state index is 11.9. The summed E-state index contributed by atoms with van der Waals surface area (Å²) in [5.41, 5.74) is 0.849. The van der Waals surface area contributed by atoms with Crippen LogP contribution in [0.3, 0.4) is 0 Å². The number of halogens is 1. The zero-order valence-corrected chi connectivity index (χ0v) is 8.03. The van der Waals surface area contributed by atoms with Crippen molar-refractivity contribution in [1.82, 2.24) is 9.78 Å². The SMILES string of the molecule is CC(C)OCc1ccn(CCF)n1. The molecule has 13 heavy (non-hydrogen) atoms. The molecule has 0 saturated carbocycles. The number of rotatable bonds is 5. The van der Waals surface area contributed by atoms with Crippen LogP contribution in [0, 0.1) is 0 Å². The predicted octanol–water partition coefficient (Wildman–Crippen LogP) is 1.78. The Labute approximate surface area is 77.5 Å². The van der Waals surface area contributed by atoms with Crippen LogP contribution in [0.1, 0.15) is 19.5 Å². The fraction of sp³-hybridized carbons (Fsp3) is 0.667. The van der Waals surface area contributed by atoms with Crippen LogP contribution in [0.25, 0.3) is 0 Å². The minimum absolute atomic E-state index is 0.200. The highest BCUT2D eigenvalue weighted by atomic mass is 19.1. The number of ether oxygens (including phenoxy) is 1. The zero-order chi connectivity index (χ0) is 9.68. The summed E-state index contributed by atoms with van der Waals surface area (Å²) in [6.45, 7) is 4.38. The molecule has 0 radical (unpaired) electrons. The predicted molar refractivity (Wildman–Crippen MR) is 48.1 cm³/mol. The lowest BCUT2D eigenvalue weighted by Crippen LogP contribution is -2.04. The average molecular weight is 186 g/mol. The standard InChI is InChI=1S/C9H15FN2O/c1-8(2)13-7-9-3-5-12(11-9)6-4-10/h3,5,8H,4,6-7H2,1-2H3. The summed E-state index contributed by atoms with van der Waals surface area (Å²) in [7, 11) is 0. The molecule has 0 saturated heterocycles. The Morgan fingerprint density at radius 2 is 2.38 bits per heavy atom. The highest BCUT2D eigenvalue weighted by Gasteiger charge is 2.00. The highest BCUT2D eigenvalue weighted by Crippen LogP contribution is 2.00. The highest BCUT2D eigenvalue weighted by molar-refractivity contribution is 4.96. The topological polar surface area (TPSA) is 27.1 Å². The van der Waals surface area contributed by atoms with Gasteiger partial charge in [-0.05, 0) is 19.9 Å². The molecule has 0 aliphatic heterocycles. The second-order valence-electron chi connectivity index (χ2n) is 3.12. The second-order valence-corrected chi connectivity index (χ2v) is 3.12. The van der Waals surface area contributed by atoms with E-state index in [-0.39, 0.29) is 12.8 Å². The molecular weight excluding hydrogens is 171 g/mol. The van der Waals surface area contributed by atoms with Crippen molar-refractivity contribution in [2.24, 2.45) is 0 Å². The van der Waals surface area contributed by atoms with Crippen LogP contribution in [0.5, 0.6) is 0 Å². The van der Waals surface area contributed by atoms with Crippen molar-refractivity contribution >= 4 is 0 Å². The minimum atomic E-state index is -0.383. The zero-order valence-electron chi connectivity index (χ0n) is 8.03. The van der Waals surface area contributed by atoms with E-state index in [0.29, 0.717) is 13.2 Å². The first-order chi connectivity index (χ1) is 6.22. The normalized spacial score (nSPS) is 11.1. The molecule has 0 aromatic carbocycles. The van der Waals surface area contributed by atoms with Gasteiger partial charge in [-0.15, -0.1) is 0 Å². The lowest BCUT2D eigenvalue weighted by molar-refractivity contribution is 0.0632. The summed E-state index contributed by atoms with van der Waals surface area (Å²) in [4.78, 5) is 0. The van der Waals surface area contributed by atoms with Crippen LogP contribution in [0.4, 0.5) is 4.39 Å². The van der Waals surface area contributed by atoms with Gasteiger partial charge in [-0.25, -0.2) is 4.39 Å². The van der Waals surface area contributed by atoms with Crippen molar-refractivity contribution in [3.63, 3.8) is 0 Å². The first kappa shape index (κ1) is 10.2. The summed E-state index contributed by atoms with van der Waals surface area (Å²) in [6.07, 6.45) is 1.96. The van der Waals surface area contributed by atoms with Crippen LogP contribution >= 0.6 is 0 Å². The van der Waals surface area contributed by atoms with Crippen molar-refractivity contribution in [3.05, 3.63) is 18.0 Å². The van der Waals surface area contributed by atoms with Crippen LogP contribution in [0.15, 0.2) is 12.3 Å². The van der Waals surface area contributed by atoms with Crippen LogP contribution in [0.2, 0.25) is 0 Å². The van der Waals surface area contributed by atoms with Crippen LogP contribution in [-0.2, 0) is 17.9 Å². The summed E-state index contributed by atoms with van der Waals surface area (Å²) < 4.78 is 18.8. The Morgan fingerprint density at radius 3 is 3.00 bits per heavy atom. The fourth-order valence-electron chi connectivity index (χ4n) is 0.944. The van der Waals surface area contributed by atoms with Gasteiger partial charge in [0.25, 0.3) is 0 Å². The Kier molecular flexibility index (Phi) is 3.89. The summed E-state index contributed by atoms with van der Waals surface area (Å²) in [5, 5.41) is 4.12. The number of aryl methyl sites for hydroxylation is 1. The molecule has 0 atom stereocenters. The van der Waals surface area contributed by atoms with Crippen LogP contribution in [-0.4, -0.2) is 22.6 Å². The molecule has 0 bridgehead atoms. The van der Waals surface area contributed by atoms with E-state index >= 15 is 0 Å². The Bertz CT molecular complexity index is 248. The molecule has 1 heterocycles. The maximum absolute atomic E-state index is 11.9. The van der Waals surface area contributed by atoms with E-state index in [0.717, 1.165) is 5.69 Å². The fourth-order valence-corrected chi connectivity index (χ4v) is 0.944. The van der Waals surface area contributed by atoms with Gasteiger partial charge < -0.3 is 4.74 Å². The van der Waals surface area contributed by atoms with Gasteiger partial charge in [0.2, 0.25) is 0 Å². The first-order valence-electron chi connectivity index (χ1n) is 4.42. The molecule has 0 N–H and O–H groups in total. The number of hydrogen-bond donors (Lipinski definition) is 0. The van der Waals surface area contributed by atoms with Crippen molar-refractivity contribution in [3.8, 4) is 0 Å². The van der Waals surface area contributed by atoms with E-state index in [1.807, 2.05) is 19.9 Å². The molecule has 0 unspecified atom stereocenters. The lowest BCUT2D eigenvalue weighted by Gasteiger charge is -2.04. The molecule has 0 aliphatic carbocycles. The van der Waals surface area contributed by atoms with Gasteiger partial charge >= 0.3 is 0 Å². The van der Waals surface area contributed by atoms with E-state index in [1.165, 1.54) is 0 Å². The lowest BCUT2D eigenvalue weighted by atomic mass is 10.4. The molecule has 74 valence electrons. The van der Waals surface area contributed by atoms with E-state index in [9.17, 15) is 4.39 Å². The summed E-state index contributed by atoms with van der Waals surface area (Å²) in [5.74, 6) is 0. The Hall–Kier alpha value is -0.900. The monoisotopic (exact) mass is 186 g/mol. The molecule has 1 rings (SSSR count). The van der Waals surface area contributed by atoms with Crippen molar-refractivity contribution in [2.75, 3.05) is 6.67 Å². The molecule has 1 aromatic heterocycles. The number of nitrogens with zero attached hydrogens (tertiary/aromatic N) is 2. The number of aromatic nitrogens is 2. The third-order valence-electron chi connectivity index (χ3n) is 1.57. The Balaban J connectivity index is 2.39. The van der Waals surface area contributed by atoms with Gasteiger partial charge in [0.05, 0.1) is 24.9 Å². The first-order valence-corrected chi connectivity index (χ1v) is 4.42. The summed E-state index contributed by atoms with van der Waals surface area (Å²) >= 11 is 0. The number of alkyl halides is 1. The van der Waals surface area contributed by atoms with Crippen molar-refractivity contribution < 1.29 is 9.13 Å². The quantitative estimate of drug-likeness (QED) is 0.700. The van der Waals surface area contributed by atoms with Crippen molar-refractivity contribution in [2.45, 2.75) is 33.1 Å². The molecule has 1 aromatic rings. The van der Waals surface area contributed by atoms with Crippen molar-refractivity contribution in [1.29, 1.82) is 0 Å².